The standard InChI is InChI=1S/C20H31BrO4/c1-12-10-20(22-8-9-23-20)16-18(4)11-13(19(12,16)6-5-7-21)14-15(18)25-17(2,3)24-14/h12-16H,5-11H2,1-4H3/t12-,13-,14+,15+,16-,18+,19+/m1/s1. The number of hydrogen-bond acceptors (Lipinski definition) is 4. The van der Waals surface area contributed by atoms with E-state index in [2.05, 4.69) is 43.6 Å². The molecular weight excluding hydrogens is 384 g/mol. The van der Waals surface area contributed by atoms with Gasteiger partial charge in [0.2, 0.25) is 0 Å². The summed E-state index contributed by atoms with van der Waals surface area (Å²) in [5.74, 6) is 0.687. The van der Waals surface area contributed by atoms with Crippen molar-refractivity contribution < 1.29 is 18.9 Å². The van der Waals surface area contributed by atoms with Gasteiger partial charge in [-0.25, -0.2) is 0 Å². The van der Waals surface area contributed by atoms with E-state index in [0.29, 0.717) is 17.8 Å². The van der Waals surface area contributed by atoms with Crippen molar-refractivity contribution in [3.8, 4) is 0 Å². The second kappa shape index (κ2) is 5.22. The molecule has 0 aromatic heterocycles. The lowest BCUT2D eigenvalue weighted by molar-refractivity contribution is -0.236. The molecule has 25 heavy (non-hydrogen) atoms. The van der Waals surface area contributed by atoms with Crippen molar-refractivity contribution in [3.63, 3.8) is 0 Å². The summed E-state index contributed by atoms with van der Waals surface area (Å²) in [5, 5.41) is 1.06. The number of rotatable bonds is 3. The third-order valence-electron chi connectivity index (χ3n) is 8.19. The summed E-state index contributed by atoms with van der Waals surface area (Å²) in [4.78, 5) is 0. The molecule has 0 aromatic rings. The van der Waals surface area contributed by atoms with Gasteiger partial charge in [0, 0.05) is 23.1 Å². The van der Waals surface area contributed by atoms with Crippen molar-refractivity contribution >= 4 is 15.9 Å². The Morgan fingerprint density at radius 1 is 1.04 bits per heavy atom. The van der Waals surface area contributed by atoms with Crippen LogP contribution in [0, 0.1) is 28.6 Å². The Balaban J connectivity index is 1.63. The third-order valence-corrected chi connectivity index (χ3v) is 8.75. The van der Waals surface area contributed by atoms with Crippen LogP contribution in [0.1, 0.15) is 53.4 Å². The molecule has 0 radical (unpaired) electrons. The SMILES string of the molecule is C[C@@H]1CC2(OCCO2)[C@@H]2[C@@]3(C)C[C@H]([C@@H]4OC(C)(C)O[C@@H]43)[C@]12CCCBr. The minimum atomic E-state index is -0.474. The van der Waals surface area contributed by atoms with Crippen molar-refractivity contribution in [2.75, 3.05) is 18.5 Å². The van der Waals surface area contributed by atoms with Crippen LogP contribution >= 0.6 is 15.9 Å². The van der Waals surface area contributed by atoms with Crippen LogP contribution in [-0.4, -0.2) is 42.3 Å². The summed E-state index contributed by atoms with van der Waals surface area (Å²) in [5.41, 5.74) is 0.322. The molecule has 5 heteroatoms. The number of halogens is 1. The van der Waals surface area contributed by atoms with Crippen LogP contribution in [0.4, 0.5) is 0 Å². The van der Waals surface area contributed by atoms with Gasteiger partial charge >= 0.3 is 0 Å². The lowest BCUT2D eigenvalue weighted by Crippen LogP contribution is -2.57. The second-order valence-corrected chi connectivity index (χ2v) is 10.6. The van der Waals surface area contributed by atoms with Crippen molar-refractivity contribution in [1.82, 2.24) is 0 Å². The number of hydrogen-bond donors (Lipinski definition) is 0. The lowest BCUT2D eigenvalue weighted by Gasteiger charge is -2.51. The van der Waals surface area contributed by atoms with E-state index in [1.807, 2.05) is 0 Å². The molecule has 3 aliphatic carbocycles. The van der Waals surface area contributed by atoms with Gasteiger partial charge in [-0.1, -0.05) is 29.8 Å². The second-order valence-electron chi connectivity index (χ2n) is 9.79. The van der Waals surface area contributed by atoms with E-state index < -0.39 is 11.6 Å². The predicted octanol–water partition coefficient (Wildman–Crippen LogP) is 4.11. The maximum absolute atomic E-state index is 6.47. The fourth-order valence-corrected chi connectivity index (χ4v) is 8.19. The Labute approximate surface area is 159 Å². The molecule has 2 bridgehead atoms. The average molecular weight is 415 g/mol. The number of alkyl halides is 1. The zero-order valence-corrected chi connectivity index (χ0v) is 17.4. The van der Waals surface area contributed by atoms with Gasteiger partial charge in [-0.15, -0.1) is 0 Å². The smallest absolute Gasteiger partial charge is 0.172 e. The molecule has 7 atom stereocenters. The molecular formula is C20H31BrO4. The van der Waals surface area contributed by atoms with E-state index in [0.717, 1.165) is 25.0 Å². The van der Waals surface area contributed by atoms with Crippen molar-refractivity contribution in [3.05, 3.63) is 0 Å². The first kappa shape index (κ1) is 17.4. The van der Waals surface area contributed by atoms with E-state index >= 15 is 0 Å². The Morgan fingerprint density at radius 3 is 2.44 bits per heavy atom. The molecule has 2 heterocycles. The van der Waals surface area contributed by atoms with Gasteiger partial charge in [-0.2, -0.15) is 0 Å². The van der Waals surface area contributed by atoms with Gasteiger partial charge in [0.05, 0.1) is 25.4 Å². The van der Waals surface area contributed by atoms with Gasteiger partial charge in [-0.05, 0) is 50.4 Å². The highest BCUT2D eigenvalue weighted by molar-refractivity contribution is 9.09. The third kappa shape index (κ3) is 1.98. The normalized spacial score (nSPS) is 54.4. The molecule has 3 saturated carbocycles. The molecule has 2 saturated heterocycles. The minimum Gasteiger partial charge on any atom is -0.347 e. The molecule has 0 unspecified atom stereocenters. The number of fused-ring (bicyclic) bond motifs is 9. The topological polar surface area (TPSA) is 36.9 Å². The van der Waals surface area contributed by atoms with Crippen LogP contribution in [0.15, 0.2) is 0 Å². The molecule has 5 fully saturated rings. The quantitative estimate of drug-likeness (QED) is 0.651. The maximum atomic E-state index is 6.47. The Morgan fingerprint density at radius 2 is 1.76 bits per heavy atom. The molecule has 0 amide bonds. The average Bonchev–Trinajstić information content (AvgIpc) is 3.27. The van der Waals surface area contributed by atoms with Gasteiger partial charge in [-0.3, -0.25) is 0 Å². The van der Waals surface area contributed by atoms with E-state index in [1.54, 1.807) is 0 Å². The minimum absolute atomic E-state index is 0.0739. The monoisotopic (exact) mass is 414 g/mol. The van der Waals surface area contributed by atoms with Crippen LogP contribution in [-0.2, 0) is 18.9 Å². The zero-order valence-electron chi connectivity index (χ0n) is 15.8. The summed E-state index contributed by atoms with van der Waals surface area (Å²) < 4.78 is 25.7. The maximum Gasteiger partial charge on any atom is 0.172 e. The van der Waals surface area contributed by atoms with Crippen molar-refractivity contribution in [2.45, 2.75) is 77.2 Å². The van der Waals surface area contributed by atoms with E-state index in [-0.39, 0.29) is 23.0 Å². The summed E-state index contributed by atoms with van der Waals surface area (Å²) in [7, 11) is 0. The summed E-state index contributed by atoms with van der Waals surface area (Å²) >= 11 is 3.67. The summed E-state index contributed by atoms with van der Waals surface area (Å²) in [6.45, 7) is 10.5. The fraction of sp³-hybridized carbons (Fsp3) is 1.00. The highest BCUT2D eigenvalue weighted by Gasteiger charge is 2.82. The predicted molar refractivity (Wildman–Crippen MR) is 97.4 cm³/mol. The highest BCUT2D eigenvalue weighted by Crippen LogP contribution is 2.79. The van der Waals surface area contributed by atoms with Gasteiger partial charge in [0.1, 0.15) is 0 Å². The summed E-state index contributed by atoms with van der Waals surface area (Å²) in [6, 6.07) is 0. The van der Waals surface area contributed by atoms with Gasteiger partial charge < -0.3 is 18.9 Å². The van der Waals surface area contributed by atoms with Crippen LogP contribution in [0.3, 0.4) is 0 Å². The van der Waals surface area contributed by atoms with E-state index in [4.69, 9.17) is 18.9 Å². The Bertz CT molecular complexity index is 574. The first-order valence-corrected chi connectivity index (χ1v) is 11.1. The molecule has 2 aliphatic heterocycles. The first-order valence-electron chi connectivity index (χ1n) is 9.99. The van der Waals surface area contributed by atoms with Crippen LogP contribution in [0.2, 0.25) is 0 Å². The number of ether oxygens (including phenoxy) is 4. The molecule has 142 valence electrons. The van der Waals surface area contributed by atoms with Gasteiger partial charge in [0.25, 0.3) is 0 Å². The van der Waals surface area contributed by atoms with Crippen LogP contribution < -0.4 is 0 Å². The highest BCUT2D eigenvalue weighted by atomic mass is 79.9. The first-order chi connectivity index (χ1) is 11.8. The van der Waals surface area contributed by atoms with Crippen molar-refractivity contribution in [1.29, 1.82) is 0 Å². The van der Waals surface area contributed by atoms with Crippen LogP contribution in [0.5, 0.6) is 0 Å². The molecule has 0 aromatic carbocycles. The molecule has 5 rings (SSSR count). The fourth-order valence-electron chi connectivity index (χ4n) is 7.91. The van der Waals surface area contributed by atoms with Gasteiger partial charge in [0.15, 0.2) is 11.6 Å². The molecule has 5 aliphatic rings. The molecule has 4 nitrogen and oxygen atoms in total. The van der Waals surface area contributed by atoms with E-state index in [1.165, 1.54) is 19.3 Å². The Hall–Kier alpha value is 0.320. The van der Waals surface area contributed by atoms with Crippen molar-refractivity contribution in [2.24, 2.45) is 28.6 Å². The largest absolute Gasteiger partial charge is 0.347 e. The summed E-state index contributed by atoms with van der Waals surface area (Å²) in [6.07, 6.45) is 5.03. The molecule has 0 N–H and O–H groups in total. The lowest BCUT2D eigenvalue weighted by atomic mass is 9.56. The Kier molecular flexibility index (Phi) is 3.64. The van der Waals surface area contributed by atoms with E-state index in [9.17, 15) is 0 Å². The zero-order chi connectivity index (χ0) is 17.7. The molecule has 1 spiro atoms. The van der Waals surface area contributed by atoms with Crippen LogP contribution in [0.25, 0.3) is 0 Å².